The molecule has 0 saturated carbocycles. The highest BCUT2D eigenvalue weighted by Gasteiger charge is 2.34. The number of carbonyl (C=O) groups is 1. The Labute approximate surface area is 146 Å². The number of amides is 1. The van der Waals surface area contributed by atoms with E-state index in [1.807, 2.05) is 6.92 Å². The van der Waals surface area contributed by atoms with Crippen LogP contribution in [0.5, 0.6) is 0 Å². The number of sulfonamides is 1. The van der Waals surface area contributed by atoms with Crippen LogP contribution in [-0.2, 0) is 28.4 Å². The number of nitrogens with one attached hydrogen (secondary N) is 1. The lowest BCUT2D eigenvalue weighted by Crippen LogP contribution is -2.52. The summed E-state index contributed by atoms with van der Waals surface area (Å²) in [4.78, 5) is 18.3. The zero-order valence-electron chi connectivity index (χ0n) is 14.5. The summed E-state index contributed by atoms with van der Waals surface area (Å²) in [5, 5.41) is 4.17. The molecule has 25 heavy (non-hydrogen) atoms. The lowest BCUT2D eigenvalue weighted by Gasteiger charge is -2.30. The lowest BCUT2D eigenvalue weighted by atomic mass is 10.1. The highest BCUT2D eigenvalue weighted by Crippen LogP contribution is 2.20. The number of hydrogen-bond donors (Lipinski definition) is 1. The van der Waals surface area contributed by atoms with E-state index < -0.39 is 16.1 Å². The molecule has 9 nitrogen and oxygen atoms in total. The van der Waals surface area contributed by atoms with Crippen LogP contribution in [0, 0.1) is 6.92 Å². The second-order valence-corrected chi connectivity index (χ2v) is 7.73. The maximum absolute atomic E-state index is 12.7. The fourth-order valence-corrected chi connectivity index (χ4v) is 4.17. The van der Waals surface area contributed by atoms with Gasteiger partial charge in [-0.2, -0.15) is 9.82 Å². The fraction of sp³-hybridized carbons (Fsp3) is 0.533. The number of imidazole rings is 1. The Morgan fingerprint density at radius 2 is 2.16 bits per heavy atom. The molecular weight excluding hydrogens is 344 g/mol. The van der Waals surface area contributed by atoms with Gasteiger partial charge in [-0.1, -0.05) is 0 Å². The van der Waals surface area contributed by atoms with Crippen molar-refractivity contribution in [2.45, 2.75) is 44.3 Å². The van der Waals surface area contributed by atoms with Gasteiger partial charge in [0.1, 0.15) is 11.9 Å². The Hall–Kier alpha value is -2.20. The third-order valence-electron chi connectivity index (χ3n) is 4.28. The largest absolute Gasteiger partial charge is 0.334 e. The predicted octanol–water partition coefficient (Wildman–Crippen LogP) is 0.419. The van der Waals surface area contributed by atoms with Crippen molar-refractivity contribution in [2.24, 2.45) is 7.05 Å². The summed E-state index contributed by atoms with van der Waals surface area (Å²) in [6.45, 7) is 4.81. The Morgan fingerprint density at radius 3 is 2.76 bits per heavy atom. The number of aryl methyl sites for hydroxylation is 3. The summed E-state index contributed by atoms with van der Waals surface area (Å²) in [6, 6.07) is 0.925. The molecule has 1 amide bonds. The number of piperidine rings is 1. The second-order valence-electron chi connectivity index (χ2n) is 6.07. The van der Waals surface area contributed by atoms with Crippen molar-refractivity contribution in [3.8, 4) is 0 Å². The molecule has 1 fully saturated rings. The molecule has 2 aromatic rings. The number of hydrogen-bond acceptors (Lipinski definition) is 5. The van der Waals surface area contributed by atoms with Crippen LogP contribution in [0.1, 0.15) is 25.6 Å². The first kappa shape index (κ1) is 17.6. The van der Waals surface area contributed by atoms with E-state index in [0.29, 0.717) is 37.6 Å². The Balaban J connectivity index is 1.80. The molecule has 10 heteroatoms. The van der Waals surface area contributed by atoms with Gasteiger partial charge in [-0.15, -0.1) is 0 Å². The first-order chi connectivity index (χ1) is 11.8. The van der Waals surface area contributed by atoms with E-state index in [-0.39, 0.29) is 10.9 Å². The third-order valence-corrected chi connectivity index (χ3v) is 5.62. The maximum atomic E-state index is 12.7. The number of anilines is 1. The topological polar surface area (TPSA) is 102 Å². The van der Waals surface area contributed by atoms with Gasteiger partial charge in [-0.3, -0.25) is 14.4 Å². The maximum Gasteiger partial charge on any atom is 0.260 e. The fourth-order valence-electron chi connectivity index (χ4n) is 2.94. The van der Waals surface area contributed by atoms with Crippen LogP contribution in [0.2, 0.25) is 0 Å². The first-order valence-corrected chi connectivity index (χ1v) is 9.67. The zero-order chi connectivity index (χ0) is 18.2. The first-order valence-electron chi connectivity index (χ1n) is 8.19. The molecule has 1 aliphatic rings. The van der Waals surface area contributed by atoms with E-state index in [4.69, 9.17) is 0 Å². The molecule has 2 aromatic heterocycles. The molecule has 136 valence electrons. The zero-order valence-corrected chi connectivity index (χ0v) is 15.3. The summed E-state index contributed by atoms with van der Waals surface area (Å²) in [6.07, 6.45) is 4.38. The molecule has 1 atom stereocenters. The lowest BCUT2D eigenvalue weighted by molar-refractivity contribution is -0.121. The van der Waals surface area contributed by atoms with Crippen molar-refractivity contribution in [3.05, 3.63) is 24.3 Å². The van der Waals surface area contributed by atoms with Crippen LogP contribution < -0.4 is 9.62 Å². The molecule has 0 aliphatic carbocycles. The Kier molecular flexibility index (Phi) is 4.65. The SMILES string of the molecule is CCn1cc(S(=O)(=O)NC2CCCN(c3ccn(C)n3)C2=O)nc1C. The third kappa shape index (κ3) is 3.45. The Morgan fingerprint density at radius 1 is 1.40 bits per heavy atom. The highest BCUT2D eigenvalue weighted by molar-refractivity contribution is 7.89. The van der Waals surface area contributed by atoms with E-state index in [1.54, 1.807) is 35.5 Å². The molecule has 1 aliphatic heterocycles. The van der Waals surface area contributed by atoms with E-state index in [9.17, 15) is 13.2 Å². The molecule has 1 saturated heterocycles. The van der Waals surface area contributed by atoms with E-state index >= 15 is 0 Å². The monoisotopic (exact) mass is 366 g/mol. The van der Waals surface area contributed by atoms with Gasteiger partial charge in [0.05, 0.1) is 0 Å². The van der Waals surface area contributed by atoms with Crippen LogP contribution in [0.4, 0.5) is 5.82 Å². The minimum atomic E-state index is -3.86. The number of rotatable bonds is 5. The number of aromatic nitrogens is 4. The quantitative estimate of drug-likeness (QED) is 0.826. The highest BCUT2D eigenvalue weighted by atomic mass is 32.2. The van der Waals surface area contributed by atoms with Crippen molar-refractivity contribution < 1.29 is 13.2 Å². The van der Waals surface area contributed by atoms with Gasteiger partial charge >= 0.3 is 0 Å². The van der Waals surface area contributed by atoms with Gasteiger partial charge in [0.25, 0.3) is 10.0 Å². The van der Waals surface area contributed by atoms with Gasteiger partial charge in [0.2, 0.25) is 5.91 Å². The molecule has 0 spiro atoms. The van der Waals surface area contributed by atoms with Gasteiger partial charge < -0.3 is 4.57 Å². The minimum Gasteiger partial charge on any atom is -0.334 e. The molecule has 1 unspecified atom stereocenters. The summed E-state index contributed by atoms with van der Waals surface area (Å²) >= 11 is 0. The summed E-state index contributed by atoms with van der Waals surface area (Å²) in [5.74, 6) is 0.857. The second kappa shape index (κ2) is 6.60. The predicted molar refractivity (Wildman–Crippen MR) is 91.5 cm³/mol. The summed E-state index contributed by atoms with van der Waals surface area (Å²) in [7, 11) is -2.09. The minimum absolute atomic E-state index is 0.0605. The molecule has 0 aromatic carbocycles. The van der Waals surface area contributed by atoms with Crippen LogP contribution in [-0.4, -0.2) is 46.2 Å². The molecule has 0 radical (unpaired) electrons. The van der Waals surface area contributed by atoms with Gasteiger partial charge in [-0.25, -0.2) is 13.4 Å². The summed E-state index contributed by atoms with van der Waals surface area (Å²) < 4.78 is 31.1. The molecule has 0 bridgehead atoms. The number of carbonyl (C=O) groups excluding carboxylic acids is 1. The average molecular weight is 366 g/mol. The van der Waals surface area contributed by atoms with Crippen LogP contribution in [0.3, 0.4) is 0 Å². The van der Waals surface area contributed by atoms with E-state index in [2.05, 4.69) is 14.8 Å². The van der Waals surface area contributed by atoms with Crippen LogP contribution in [0.25, 0.3) is 0 Å². The van der Waals surface area contributed by atoms with Gasteiger partial charge in [-0.05, 0) is 26.7 Å². The smallest absolute Gasteiger partial charge is 0.260 e. The van der Waals surface area contributed by atoms with Crippen molar-refractivity contribution in [1.29, 1.82) is 0 Å². The molecule has 1 N–H and O–H groups in total. The normalized spacial score (nSPS) is 18.8. The van der Waals surface area contributed by atoms with Crippen molar-refractivity contribution in [2.75, 3.05) is 11.4 Å². The van der Waals surface area contributed by atoms with Crippen molar-refractivity contribution >= 4 is 21.7 Å². The average Bonchev–Trinajstić information content (AvgIpc) is 3.15. The standard InChI is InChI=1S/C15H22N6O3S/c1-4-20-10-14(16-11(20)2)25(23,24)18-12-6-5-8-21(15(12)22)13-7-9-19(3)17-13/h7,9-10,12,18H,4-6,8H2,1-3H3. The molecule has 3 heterocycles. The molecule has 3 rings (SSSR count). The Bertz CT molecular complexity index is 885. The van der Waals surface area contributed by atoms with E-state index in [1.165, 1.54) is 11.1 Å². The van der Waals surface area contributed by atoms with E-state index in [0.717, 1.165) is 0 Å². The number of nitrogens with zero attached hydrogens (tertiary/aromatic N) is 5. The van der Waals surface area contributed by atoms with Crippen molar-refractivity contribution in [1.82, 2.24) is 24.1 Å². The van der Waals surface area contributed by atoms with Gasteiger partial charge in [0, 0.05) is 38.6 Å². The summed E-state index contributed by atoms with van der Waals surface area (Å²) in [5.41, 5.74) is 0. The molecular formula is C15H22N6O3S. The van der Waals surface area contributed by atoms with Crippen LogP contribution in [0.15, 0.2) is 23.5 Å². The van der Waals surface area contributed by atoms with Gasteiger partial charge in [0.15, 0.2) is 10.8 Å². The van der Waals surface area contributed by atoms with Crippen LogP contribution >= 0.6 is 0 Å². The van der Waals surface area contributed by atoms with Crippen molar-refractivity contribution in [3.63, 3.8) is 0 Å².